The fourth-order valence-electron chi connectivity index (χ4n) is 2.92. The van der Waals surface area contributed by atoms with Crippen molar-refractivity contribution < 1.29 is 18.1 Å². The number of nitrogens with zero attached hydrogens (tertiary/aromatic N) is 2. The molecule has 1 heterocycles. The molecule has 0 bridgehead atoms. The third kappa shape index (κ3) is 4.64. The largest absolute Gasteiger partial charge is 0.496 e. The van der Waals surface area contributed by atoms with E-state index in [1.165, 1.54) is 34.9 Å². The van der Waals surface area contributed by atoms with Crippen molar-refractivity contribution in [2.45, 2.75) is 24.9 Å². The minimum atomic E-state index is -3.99. The van der Waals surface area contributed by atoms with Gasteiger partial charge in [-0.1, -0.05) is 30.3 Å². The highest BCUT2D eigenvalue weighted by molar-refractivity contribution is 7.89. The second-order valence-electron chi connectivity index (χ2n) is 6.37. The van der Waals surface area contributed by atoms with Gasteiger partial charge < -0.3 is 4.74 Å². The molecule has 0 aliphatic carbocycles. The first-order chi connectivity index (χ1) is 13.8. The highest BCUT2D eigenvalue weighted by Gasteiger charge is 2.28. The van der Waals surface area contributed by atoms with Crippen molar-refractivity contribution in [3.8, 4) is 5.75 Å². The maximum Gasteiger partial charge on any atom is 0.273 e. The van der Waals surface area contributed by atoms with Crippen molar-refractivity contribution in [3.05, 3.63) is 86.1 Å². The van der Waals surface area contributed by atoms with E-state index in [1.807, 2.05) is 29.6 Å². The highest BCUT2D eigenvalue weighted by atomic mass is 32.2. The predicted octanol–water partition coefficient (Wildman–Crippen LogP) is 4.36. The van der Waals surface area contributed by atoms with Gasteiger partial charge in [-0.25, -0.2) is 8.42 Å². The van der Waals surface area contributed by atoms with E-state index in [4.69, 9.17) is 4.74 Å². The van der Waals surface area contributed by atoms with E-state index in [0.29, 0.717) is 16.9 Å². The molecule has 0 radical (unpaired) electrons. The number of rotatable bonds is 8. The first-order valence-electron chi connectivity index (χ1n) is 8.72. The smallest absolute Gasteiger partial charge is 0.273 e. The van der Waals surface area contributed by atoms with Crippen LogP contribution in [0.4, 0.5) is 5.69 Å². The molecule has 0 unspecified atom stereocenters. The molecule has 152 valence electrons. The normalized spacial score (nSPS) is 11.6. The second kappa shape index (κ2) is 8.73. The van der Waals surface area contributed by atoms with Crippen molar-refractivity contribution >= 4 is 27.0 Å². The van der Waals surface area contributed by atoms with Crippen molar-refractivity contribution in [3.63, 3.8) is 0 Å². The van der Waals surface area contributed by atoms with Crippen LogP contribution in [0.15, 0.2) is 64.9 Å². The summed E-state index contributed by atoms with van der Waals surface area (Å²) in [5, 5.41) is 13.2. The minimum absolute atomic E-state index is 0.0753. The van der Waals surface area contributed by atoms with E-state index in [9.17, 15) is 18.5 Å². The van der Waals surface area contributed by atoms with Crippen molar-refractivity contribution in [2.24, 2.45) is 0 Å². The first kappa shape index (κ1) is 21.0. The summed E-state index contributed by atoms with van der Waals surface area (Å²) in [6.45, 7) is 1.80. The lowest BCUT2D eigenvalue weighted by atomic mass is 10.2. The Morgan fingerprint density at radius 3 is 2.52 bits per heavy atom. The summed E-state index contributed by atoms with van der Waals surface area (Å²) in [7, 11) is -2.47. The Labute approximate surface area is 173 Å². The topological polar surface area (TPSA) is 89.8 Å². The molecule has 0 aliphatic heterocycles. The van der Waals surface area contributed by atoms with E-state index in [-0.39, 0.29) is 23.7 Å². The van der Waals surface area contributed by atoms with E-state index < -0.39 is 14.9 Å². The number of benzene rings is 2. The molecule has 3 aromatic rings. The van der Waals surface area contributed by atoms with Crippen molar-refractivity contribution in [1.82, 2.24) is 4.31 Å². The third-order valence-electron chi connectivity index (χ3n) is 4.47. The minimum Gasteiger partial charge on any atom is -0.496 e. The molecule has 1 aromatic heterocycles. The van der Waals surface area contributed by atoms with Crippen LogP contribution < -0.4 is 4.74 Å². The third-order valence-corrected chi connectivity index (χ3v) is 7.12. The molecular weight excluding hydrogens is 412 g/mol. The van der Waals surface area contributed by atoms with Crippen LogP contribution in [0.5, 0.6) is 5.75 Å². The van der Waals surface area contributed by atoms with Gasteiger partial charge in [0, 0.05) is 35.2 Å². The van der Waals surface area contributed by atoms with Crippen LogP contribution in [-0.2, 0) is 23.1 Å². The van der Waals surface area contributed by atoms with Crippen LogP contribution in [0.3, 0.4) is 0 Å². The number of aryl methyl sites for hydroxylation is 1. The van der Waals surface area contributed by atoms with Gasteiger partial charge in [0.1, 0.15) is 5.75 Å². The fraction of sp³-hybridized carbons (Fsp3) is 0.200. The lowest BCUT2D eigenvalue weighted by molar-refractivity contribution is -0.385. The summed E-state index contributed by atoms with van der Waals surface area (Å²) >= 11 is 1.45. The maximum absolute atomic E-state index is 13.4. The summed E-state index contributed by atoms with van der Waals surface area (Å²) in [5.74, 6) is 0.578. The molecule has 0 saturated heterocycles. The van der Waals surface area contributed by atoms with E-state index in [2.05, 4.69) is 0 Å². The van der Waals surface area contributed by atoms with Gasteiger partial charge in [0.05, 0.1) is 16.9 Å². The second-order valence-corrected chi connectivity index (χ2v) is 9.34. The number of hydrogen-bond donors (Lipinski definition) is 0. The van der Waals surface area contributed by atoms with Gasteiger partial charge in [-0.05, 0) is 30.5 Å². The first-order valence-corrected chi connectivity index (χ1v) is 11.0. The molecule has 0 spiro atoms. The Morgan fingerprint density at radius 2 is 1.86 bits per heavy atom. The standard InChI is InChI=1S/C20H20N2O5S2/c1-15-9-10-18(12-19(15)22(23)24)29(25,26)21(14-17-7-5-11-28-17)13-16-6-3-4-8-20(16)27-2/h3-12H,13-14H2,1-2H3. The zero-order chi connectivity index (χ0) is 21.0. The van der Waals surface area contributed by atoms with Crippen LogP contribution in [0.25, 0.3) is 0 Å². The number of sulfonamides is 1. The van der Waals surface area contributed by atoms with Gasteiger partial charge in [0.15, 0.2) is 0 Å². The number of nitro benzene ring substituents is 1. The summed E-state index contributed by atoms with van der Waals surface area (Å²) in [6.07, 6.45) is 0. The Hall–Kier alpha value is -2.75. The predicted molar refractivity (Wildman–Crippen MR) is 112 cm³/mol. The molecule has 0 atom stereocenters. The Bertz CT molecular complexity index is 1110. The van der Waals surface area contributed by atoms with Crippen LogP contribution in [-0.4, -0.2) is 24.8 Å². The zero-order valence-corrected chi connectivity index (χ0v) is 17.6. The molecular formula is C20H20N2O5S2. The number of methoxy groups -OCH3 is 1. The van der Waals surface area contributed by atoms with Crippen LogP contribution in [0.1, 0.15) is 16.0 Å². The Balaban J connectivity index is 2.05. The van der Waals surface area contributed by atoms with Gasteiger partial charge in [-0.2, -0.15) is 4.31 Å². The lowest BCUT2D eigenvalue weighted by Crippen LogP contribution is -2.30. The Kier molecular flexibility index (Phi) is 6.31. The molecule has 0 amide bonds. The summed E-state index contributed by atoms with van der Waals surface area (Å²) < 4.78 is 33.5. The summed E-state index contributed by atoms with van der Waals surface area (Å²) in [6, 6.07) is 14.9. The molecule has 0 N–H and O–H groups in total. The zero-order valence-electron chi connectivity index (χ0n) is 15.9. The molecule has 0 saturated carbocycles. The monoisotopic (exact) mass is 432 g/mol. The molecule has 3 rings (SSSR count). The van der Waals surface area contributed by atoms with Crippen LogP contribution in [0.2, 0.25) is 0 Å². The van der Waals surface area contributed by atoms with E-state index >= 15 is 0 Å². The van der Waals surface area contributed by atoms with E-state index in [0.717, 1.165) is 10.9 Å². The summed E-state index contributed by atoms with van der Waals surface area (Å²) in [5.41, 5.74) is 0.889. The number of nitro groups is 1. The molecule has 7 nitrogen and oxygen atoms in total. The molecule has 9 heteroatoms. The highest BCUT2D eigenvalue weighted by Crippen LogP contribution is 2.29. The SMILES string of the molecule is COc1ccccc1CN(Cc1cccs1)S(=O)(=O)c1ccc(C)c([N+](=O)[O-])c1. The van der Waals surface area contributed by atoms with Gasteiger partial charge in [0.2, 0.25) is 10.0 Å². The Morgan fingerprint density at radius 1 is 1.10 bits per heavy atom. The van der Waals surface area contributed by atoms with Gasteiger partial charge in [-0.3, -0.25) is 10.1 Å². The van der Waals surface area contributed by atoms with Crippen LogP contribution >= 0.6 is 11.3 Å². The molecule has 0 fully saturated rings. The molecule has 2 aromatic carbocycles. The quantitative estimate of drug-likeness (QED) is 0.390. The van der Waals surface area contributed by atoms with Crippen molar-refractivity contribution in [2.75, 3.05) is 7.11 Å². The number of hydrogen-bond acceptors (Lipinski definition) is 6. The van der Waals surface area contributed by atoms with Gasteiger partial charge in [0.25, 0.3) is 5.69 Å². The summed E-state index contributed by atoms with van der Waals surface area (Å²) in [4.78, 5) is 11.5. The van der Waals surface area contributed by atoms with Gasteiger partial charge in [-0.15, -0.1) is 11.3 Å². The average Bonchev–Trinajstić information content (AvgIpc) is 3.21. The maximum atomic E-state index is 13.4. The van der Waals surface area contributed by atoms with Gasteiger partial charge >= 0.3 is 0 Å². The van der Waals surface area contributed by atoms with E-state index in [1.54, 1.807) is 19.1 Å². The number of ether oxygens (including phenoxy) is 1. The number of thiophene rings is 1. The average molecular weight is 433 g/mol. The van der Waals surface area contributed by atoms with Crippen LogP contribution in [0, 0.1) is 17.0 Å². The lowest BCUT2D eigenvalue weighted by Gasteiger charge is -2.23. The fourth-order valence-corrected chi connectivity index (χ4v) is 5.14. The number of para-hydroxylation sites is 1. The van der Waals surface area contributed by atoms with Crippen molar-refractivity contribution in [1.29, 1.82) is 0 Å². The molecule has 0 aliphatic rings. The molecule has 29 heavy (non-hydrogen) atoms.